The van der Waals surface area contributed by atoms with Crippen molar-refractivity contribution in [3.05, 3.63) is 95.1 Å². The van der Waals surface area contributed by atoms with E-state index >= 15 is 0 Å². The van der Waals surface area contributed by atoms with Crippen molar-refractivity contribution in [2.45, 2.75) is 26.8 Å². The number of fused-ring (bicyclic) bond motifs is 1. The summed E-state index contributed by atoms with van der Waals surface area (Å²) in [6, 6.07) is 13.8. The number of nitrogens with zero attached hydrogens (tertiary/aromatic N) is 2. The first-order valence-electron chi connectivity index (χ1n) is 10.5. The lowest BCUT2D eigenvalue weighted by atomic mass is 9.96. The first-order chi connectivity index (χ1) is 16.3. The number of halogens is 1. The van der Waals surface area contributed by atoms with Crippen LogP contribution in [0.3, 0.4) is 0 Å². The van der Waals surface area contributed by atoms with Crippen LogP contribution >= 0.6 is 27.3 Å². The van der Waals surface area contributed by atoms with E-state index in [9.17, 15) is 14.4 Å². The Bertz CT molecular complexity index is 1490. The molecule has 1 aliphatic heterocycles. The molecule has 174 valence electrons. The molecule has 1 aromatic heterocycles. The highest BCUT2D eigenvalue weighted by atomic mass is 79.9. The SMILES string of the molecule is CCOC(=O)C1=C(C)N=c2sc(=Cc3cc(Br)ccc3OC(C)=O)c(=O)n2C1c1ccccc1. The van der Waals surface area contributed by atoms with Crippen molar-refractivity contribution in [2.24, 2.45) is 4.99 Å². The summed E-state index contributed by atoms with van der Waals surface area (Å²) in [6.45, 7) is 5.01. The van der Waals surface area contributed by atoms with E-state index in [1.165, 1.54) is 22.8 Å². The standard InChI is InChI=1S/C25H21BrN2O5S/c1-4-32-24(31)21-14(2)27-25-28(22(21)16-8-6-5-7-9-16)23(30)20(34-25)13-17-12-18(26)10-11-19(17)33-15(3)29/h5-13,22H,4H2,1-3H3. The lowest BCUT2D eigenvalue weighted by Crippen LogP contribution is -2.39. The molecule has 34 heavy (non-hydrogen) atoms. The van der Waals surface area contributed by atoms with Crippen LogP contribution in [-0.4, -0.2) is 23.1 Å². The van der Waals surface area contributed by atoms with E-state index in [0.29, 0.717) is 31.9 Å². The summed E-state index contributed by atoms with van der Waals surface area (Å²) in [4.78, 5) is 43.1. The molecule has 0 aliphatic carbocycles. The maximum absolute atomic E-state index is 13.6. The monoisotopic (exact) mass is 540 g/mol. The molecule has 4 rings (SSSR count). The van der Waals surface area contributed by atoms with Crippen molar-refractivity contribution in [1.29, 1.82) is 0 Å². The fourth-order valence-electron chi connectivity index (χ4n) is 3.76. The Morgan fingerprint density at radius 3 is 2.62 bits per heavy atom. The van der Waals surface area contributed by atoms with Gasteiger partial charge in [0.25, 0.3) is 5.56 Å². The predicted octanol–water partition coefficient (Wildman–Crippen LogP) is 3.49. The minimum atomic E-state index is -0.672. The number of allylic oxidation sites excluding steroid dienone is 1. The quantitative estimate of drug-likeness (QED) is 0.365. The molecule has 0 N–H and O–H groups in total. The van der Waals surface area contributed by atoms with Gasteiger partial charge in [0.15, 0.2) is 4.80 Å². The Hall–Kier alpha value is -3.30. The van der Waals surface area contributed by atoms with Crippen molar-refractivity contribution < 1.29 is 19.1 Å². The Labute approximate surface area is 207 Å². The summed E-state index contributed by atoms with van der Waals surface area (Å²) < 4.78 is 13.3. The number of esters is 2. The average molecular weight is 541 g/mol. The lowest BCUT2D eigenvalue weighted by molar-refractivity contribution is -0.139. The Balaban J connectivity index is 1.95. The largest absolute Gasteiger partial charge is 0.463 e. The summed E-state index contributed by atoms with van der Waals surface area (Å²) in [5.41, 5.74) is 1.86. The number of thiazole rings is 1. The summed E-state index contributed by atoms with van der Waals surface area (Å²) in [7, 11) is 0. The molecular weight excluding hydrogens is 520 g/mol. The van der Waals surface area contributed by atoms with Gasteiger partial charge in [-0.3, -0.25) is 14.2 Å². The first-order valence-corrected chi connectivity index (χ1v) is 12.1. The predicted molar refractivity (Wildman–Crippen MR) is 132 cm³/mol. The van der Waals surface area contributed by atoms with Gasteiger partial charge in [0.1, 0.15) is 5.75 Å². The fourth-order valence-corrected chi connectivity index (χ4v) is 5.18. The van der Waals surface area contributed by atoms with Crippen LogP contribution in [0, 0.1) is 0 Å². The van der Waals surface area contributed by atoms with Crippen molar-refractivity contribution in [3.63, 3.8) is 0 Å². The summed E-state index contributed by atoms with van der Waals surface area (Å²) in [6.07, 6.45) is 1.66. The van der Waals surface area contributed by atoms with Crippen LogP contribution in [-0.2, 0) is 14.3 Å². The second-order valence-corrected chi connectivity index (χ2v) is 9.41. The molecule has 0 saturated carbocycles. The van der Waals surface area contributed by atoms with Crippen LogP contribution in [0.5, 0.6) is 5.75 Å². The van der Waals surface area contributed by atoms with Gasteiger partial charge in [0.2, 0.25) is 0 Å². The molecule has 2 aromatic carbocycles. The molecule has 1 atom stereocenters. The number of rotatable bonds is 5. The number of hydrogen-bond donors (Lipinski definition) is 0. The Kier molecular flexibility index (Phi) is 6.95. The van der Waals surface area contributed by atoms with Crippen molar-refractivity contribution in [3.8, 4) is 5.75 Å². The highest BCUT2D eigenvalue weighted by molar-refractivity contribution is 9.10. The third-order valence-corrected chi connectivity index (χ3v) is 6.62. The van der Waals surface area contributed by atoms with Crippen molar-refractivity contribution in [1.82, 2.24) is 4.57 Å². The maximum atomic E-state index is 13.6. The molecular formula is C25H21BrN2O5S. The third kappa shape index (κ3) is 4.67. The topological polar surface area (TPSA) is 87.0 Å². The number of carbonyl (C=O) groups excluding carboxylic acids is 2. The molecule has 1 unspecified atom stereocenters. The van der Waals surface area contributed by atoms with E-state index in [1.54, 1.807) is 38.1 Å². The van der Waals surface area contributed by atoms with E-state index in [1.807, 2.05) is 30.3 Å². The molecule has 7 nitrogen and oxygen atoms in total. The Morgan fingerprint density at radius 2 is 1.94 bits per heavy atom. The van der Waals surface area contributed by atoms with Crippen molar-refractivity contribution >= 4 is 45.3 Å². The minimum absolute atomic E-state index is 0.212. The number of hydrogen-bond acceptors (Lipinski definition) is 7. The number of aromatic nitrogens is 1. The number of ether oxygens (including phenoxy) is 2. The minimum Gasteiger partial charge on any atom is -0.463 e. The molecule has 0 fully saturated rings. The van der Waals surface area contributed by atoms with Gasteiger partial charge in [-0.2, -0.15) is 0 Å². The molecule has 0 spiro atoms. The molecule has 0 bridgehead atoms. The van der Waals surface area contributed by atoms with Gasteiger partial charge in [-0.1, -0.05) is 57.6 Å². The average Bonchev–Trinajstić information content (AvgIpc) is 3.09. The summed E-state index contributed by atoms with van der Waals surface area (Å²) >= 11 is 4.63. The molecule has 2 heterocycles. The van der Waals surface area contributed by atoms with E-state index in [-0.39, 0.29) is 12.2 Å². The van der Waals surface area contributed by atoms with Crippen LogP contribution in [0.4, 0.5) is 0 Å². The molecule has 1 aliphatic rings. The molecule has 0 amide bonds. The highest BCUT2D eigenvalue weighted by Crippen LogP contribution is 2.30. The smallest absolute Gasteiger partial charge is 0.338 e. The lowest BCUT2D eigenvalue weighted by Gasteiger charge is -2.24. The van der Waals surface area contributed by atoms with Crippen molar-refractivity contribution in [2.75, 3.05) is 6.61 Å². The van der Waals surface area contributed by atoms with Gasteiger partial charge >= 0.3 is 11.9 Å². The first kappa shape index (κ1) is 23.8. The molecule has 3 aromatic rings. The summed E-state index contributed by atoms with van der Waals surface area (Å²) in [5.74, 6) is -0.627. The van der Waals surface area contributed by atoms with E-state index in [0.717, 1.165) is 10.0 Å². The zero-order valence-corrected chi connectivity index (χ0v) is 21.1. The van der Waals surface area contributed by atoms with Gasteiger partial charge in [0, 0.05) is 17.0 Å². The van der Waals surface area contributed by atoms with Gasteiger partial charge in [0.05, 0.1) is 28.5 Å². The van der Waals surface area contributed by atoms with Crippen LogP contribution in [0.15, 0.2) is 74.1 Å². The second-order valence-electron chi connectivity index (χ2n) is 7.49. The second kappa shape index (κ2) is 9.90. The van der Waals surface area contributed by atoms with Gasteiger partial charge < -0.3 is 9.47 Å². The van der Waals surface area contributed by atoms with E-state index < -0.39 is 18.0 Å². The zero-order chi connectivity index (χ0) is 24.4. The van der Waals surface area contributed by atoms with E-state index in [4.69, 9.17) is 9.47 Å². The van der Waals surface area contributed by atoms with Crippen LogP contribution in [0.1, 0.15) is 37.9 Å². The fraction of sp³-hybridized carbons (Fsp3) is 0.200. The Morgan fingerprint density at radius 1 is 1.21 bits per heavy atom. The maximum Gasteiger partial charge on any atom is 0.338 e. The van der Waals surface area contributed by atoms with E-state index in [2.05, 4.69) is 20.9 Å². The van der Waals surface area contributed by atoms with Gasteiger partial charge in [-0.15, -0.1) is 0 Å². The molecule has 0 radical (unpaired) electrons. The summed E-state index contributed by atoms with van der Waals surface area (Å²) in [5, 5.41) is 0. The third-order valence-electron chi connectivity index (χ3n) is 5.14. The van der Waals surface area contributed by atoms with Crippen LogP contribution in [0.25, 0.3) is 6.08 Å². The van der Waals surface area contributed by atoms with Gasteiger partial charge in [-0.05, 0) is 43.7 Å². The number of carbonyl (C=O) groups is 2. The normalized spacial score (nSPS) is 15.5. The van der Waals surface area contributed by atoms with Crippen LogP contribution < -0.4 is 19.6 Å². The molecule has 9 heteroatoms. The van der Waals surface area contributed by atoms with Crippen LogP contribution in [0.2, 0.25) is 0 Å². The molecule has 0 saturated heterocycles. The zero-order valence-electron chi connectivity index (χ0n) is 18.7. The highest BCUT2D eigenvalue weighted by Gasteiger charge is 2.33. The van der Waals surface area contributed by atoms with Gasteiger partial charge in [-0.25, -0.2) is 9.79 Å². The number of benzene rings is 2.